The summed E-state index contributed by atoms with van der Waals surface area (Å²) < 4.78 is 3.20. The van der Waals surface area contributed by atoms with Crippen molar-refractivity contribution in [2.24, 2.45) is 0 Å². The number of hydrogen-bond donors (Lipinski definition) is 0. The number of fused-ring (bicyclic) bond motifs is 1. The Morgan fingerprint density at radius 2 is 2.17 bits per heavy atom. The van der Waals surface area contributed by atoms with Crippen LogP contribution in [0.4, 0.5) is 0 Å². The summed E-state index contributed by atoms with van der Waals surface area (Å²) in [5.74, 6) is 0. The molecular formula is C8H5Br2NS. The van der Waals surface area contributed by atoms with Gasteiger partial charge in [-0.3, -0.25) is 0 Å². The van der Waals surface area contributed by atoms with Crippen LogP contribution in [0, 0.1) is 6.92 Å². The fourth-order valence-electron chi connectivity index (χ4n) is 1.11. The molecule has 0 aromatic carbocycles. The molecule has 0 radical (unpaired) electrons. The van der Waals surface area contributed by atoms with Crippen molar-refractivity contribution in [1.29, 1.82) is 0 Å². The van der Waals surface area contributed by atoms with Crippen LogP contribution in [0.15, 0.2) is 20.5 Å². The largest absolute Gasteiger partial charge is 0.244 e. The summed E-state index contributed by atoms with van der Waals surface area (Å²) in [5, 5.41) is 3.31. The minimum atomic E-state index is 0.884. The van der Waals surface area contributed by atoms with Crippen LogP contribution < -0.4 is 0 Å². The number of halogens is 2. The maximum Gasteiger partial charge on any atom is 0.122 e. The Labute approximate surface area is 91.1 Å². The van der Waals surface area contributed by atoms with Gasteiger partial charge in [0.1, 0.15) is 4.60 Å². The zero-order valence-electron chi connectivity index (χ0n) is 6.27. The molecule has 4 heteroatoms. The summed E-state index contributed by atoms with van der Waals surface area (Å²) in [6, 6.07) is 2.10. The van der Waals surface area contributed by atoms with Gasteiger partial charge in [0.25, 0.3) is 0 Å². The monoisotopic (exact) mass is 305 g/mol. The van der Waals surface area contributed by atoms with E-state index < -0.39 is 0 Å². The van der Waals surface area contributed by atoms with Gasteiger partial charge in [0.2, 0.25) is 0 Å². The van der Waals surface area contributed by atoms with Gasteiger partial charge in [0.15, 0.2) is 0 Å². The number of rotatable bonds is 0. The van der Waals surface area contributed by atoms with Crippen LogP contribution in [-0.2, 0) is 0 Å². The first kappa shape index (κ1) is 8.66. The number of nitrogens with zero attached hydrogens (tertiary/aromatic N) is 1. The first-order valence-corrected chi connectivity index (χ1v) is 5.85. The molecule has 0 aliphatic rings. The Morgan fingerprint density at radius 3 is 2.92 bits per heavy atom. The van der Waals surface area contributed by atoms with Gasteiger partial charge < -0.3 is 0 Å². The topological polar surface area (TPSA) is 12.9 Å². The van der Waals surface area contributed by atoms with Crippen LogP contribution in [0.3, 0.4) is 0 Å². The standard InChI is InChI=1S/C8H5Br2NS/c1-4-5-2-3-12-7(5)6(9)8(10)11-4/h2-3H,1H3. The Kier molecular flexibility index (Phi) is 2.23. The van der Waals surface area contributed by atoms with Gasteiger partial charge in [-0.05, 0) is 50.2 Å². The van der Waals surface area contributed by atoms with E-state index in [1.807, 2.05) is 6.92 Å². The van der Waals surface area contributed by atoms with Crippen LogP contribution in [0.2, 0.25) is 0 Å². The molecule has 0 amide bonds. The zero-order valence-corrected chi connectivity index (χ0v) is 10.3. The third-order valence-corrected chi connectivity index (χ3v) is 4.77. The average molecular weight is 307 g/mol. The van der Waals surface area contributed by atoms with Crippen LogP contribution >= 0.6 is 43.2 Å². The summed E-state index contributed by atoms with van der Waals surface area (Å²) in [6.07, 6.45) is 0. The maximum absolute atomic E-state index is 4.35. The predicted molar refractivity (Wildman–Crippen MR) is 59.8 cm³/mol. The van der Waals surface area contributed by atoms with Gasteiger partial charge in [-0.25, -0.2) is 4.98 Å². The number of aromatic nitrogens is 1. The zero-order chi connectivity index (χ0) is 8.72. The Bertz CT molecular complexity index is 436. The molecule has 2 aromatic rings. The number of pyridine rings is 1. The lowest BCUT2D eigenvalue weighted by Crippen LogP contribution is -1.83. The molecule has 0 bridgehead atoms. The summed E-state index contributed by atoms with van der Waals surface area (Å²) in [5.41, 5.74) is 1.07. The second kappa shape index (κ2) is 3.09. The molecule has 2 heterocycles. The molecule has 62 valence electrons. The molecular weight excluding hydrogens is 302 g/mol. The fraction of sp³-hybridized carbons (Fsp3) is 0.125. The number of aryl methyl sites for hydroxylation is 1. The van der Waals surface area contributed by atoms with Crippen LogP contribution in [-0.4, -0.2) is 4.98 Å². The summed E-state index contributed by atoms with van der Waals surface area (Å²) in [7, 11) is 0. The van der Waals surface area contributed by atoms with Gasteiger partial charge in [-0.1, -0.05) is 0 Å². The minimum absolute atomic E-state index is 0.884. The van der Waals surface area contributed by atoms with Gasteiger partial charge >= 0.3 is 0 Å². The van der Waals surface area contributed by atoms with E-state index >= 15 is 0 Å². The molecule has 12 heavy (non-hydrogen) atoms. The van der Waals surface area contributed by atoms with Crippen molar-refractivity contribution in [3.05, 3.63) is 26.2 Å². The molecule has 2 aromatic heterocycles. The molecule has 0 saturated carbocycles. The molecule has 0 aliphatic heterocycles. The molecule has 0 N–H and O–H groups in total. The second-order valence-electron chi connectivity index (χ2n) is 2.47. The summed E-state index contributed by atoms with van der Waals surface area (Å²) >= 11 is 8.62. The van der Waals surface area contributed by atoms with Crippen LogP contribution in [0.25, 0.3) is 10.1 Å². The highest BCUT2D eigenvalue weighted by molar-refractivity contribution is 9.13. The van der Waals surface area contributed by atoms with E-state index in [2.05, 4.69) is 48.3 Å². The van der Waals surface area contributed by atoms with Crippen LogP contribution in [0.5, 0.6) is 0 Å². The molecule has 0 unspecified atom stereocenters. The SMILES string of the molecule is Cc1nc(Br)c(Br)c2sccc12. The first-order valence-electron chi connectivity index (χ1n) is 3.39. The van der Waals surface area contributed by atoms with E-state index in [-0.39, 0.29) is 0 Å². The normalized spacial score (nSPS) is 10.9. The lowest BCUT2D eigenvalue weighted by Gasteiger charge is -2.00. The first-order chi connectivity index (χ1) is 5.70. The van der Waals surface area contributed by atoms with Crippen molar-refractivity contribution in [2.75, 3.05) is 0 Å². The Balaban J connectivity index is 2.97. The molecule has 0 atom stereocenters. The molecule has 2 rings (SSSR count). The van der Waals surface area contributed by atoms with Crippen molar-refractivity contribution in [3.8, 4) is 0 Å². The lowest BCUT2D eigenvalue weighted by atomic mass is 10.3. The van der Waals surface area contributed by atoms with Gasteiger partial charge in [-0.15, -0.1) is 11.3 Å². The smallest absolute Gasteiger partial charge is 0.122 e. The van der Waals surface area contributed by atoms with Crippen molar-refractivity contribution < 1.29 is 0 Å². The van der Waals surface area contributed by atoms with E-state index in [1.165, 1.54) is 10.1 Å². The van der Waals surface area contributed by atoms with E-state index in [9.17, 15) is 0 Å². The average Bonchev–Trinajstić information content (AvgIpc) is 2.48. The molecule has 1 nitrogen and oxygen atoms in total. The number of hydrogen-bond acceptors (Lipinski definition) is 2. The van der Waals surface area contributed by atoms with Crippen molar-refractivity contribution >= 4 is 53.3 Å². The predicted octanol–water partition coefficient (Wildman–Crippen LogP) is 4.13. The van der Waals surface area contributed by atoms with Crippen molar-refractivity contribution in [1.82, 2.24) is 4.98 Å². The van der Waals surface area contributed by atoms with E-state index in [0.717, 1.165) is 14.8 Å². The summed E-state index contributed by atoms with van der Waals surface area (Å²) in [4.78, 5) is 4.35. The van der Waals surface area contributed by atoms with Gasteiger partial charge in [-0.2, -0.15) is 0 Å². The lowest BCUT2D eigenvalue weighted by molar-refractivity contribution is 1.19. The van der Waals surface area contributed by atoms with Crippen molar-refractivity contribution in [3.63, 3.8) is 0 Å². The Hall–Kier alpha value is 0.0700. The van der Waals surface area contributed by atoms with Crippen molar-refractivity contribution in [2.45, 2.75) is 6.92 Å². The molecule has 0 aliphatic carbocycles. The minimum Gasteiger partial charge on any atom is -0.244 e. The Morgan fingerprint density at radius 1 is 1.42 bits per heavy atom. The highest BCUT2D eigenvalue weighted by Crippen LogP contribution is 2.34. The molecule has 0 fully saturated rings. The fourth-order valence-corrected chi connectivity index (χ4v) is 3.18. The van der Waals surface area contributed by atoms with Crippen LogP contribution in [0.1, 0.15) is 5.69 Å². The van der Waals surface area contributed by atoms with E-state index in [0.29, 0.717) is 0 Å². The molecule has 0 saturated heterocycles. The van der Waals surface area contributed by atoms with Gasteiger partial charge in [0, 0.05) is 11.1 Å². The highest BCUT2D eigenvalue weighted by Gasteiger charge is 2.07. The third-order valence-electron chi connectivity index (χ3n) is 1.70. The maximum atomic E-state index is 4.35. The number of thiophene rings is 1. The quantitative estimate of drug-likeness (QED) is 0.667. The van der Waals surface area contributed by atoms with E-state index in [1.54, 1.807) is 11.3 Å². The third kappa shape index (κ3) is 1.22. The second-order valence-corrected chi connectivity index (χ2v) is 4.93. The summed E-state index contributed by atoms with van der Waals surface area (Å²) in [6.45, 7) is 2.02. The van der Waals surface area contributed by atoms with E-state index in [4.69, 9.17) is 0 Å². The highest BCUT2D eigenvalue weighted by atomic mass is 79.9. The van der Waals surface area contributed by atoms with Gasteiger partial charge in [0.05, 0.1) is 9.17 Å². The molecule has 0 spiro atoms.